The molecule has 0 bridgehead atoms. The SMILES string of the molecule is O=C1CN(Cc2c3ccccc3cc3ccccc23)CCO1. The normalized spacial score (nSPS) is 16.1. The second kappa shape index (κ2) is 5.43. The molecule has 0 N–H and O–H groups in total. The Balaban J connectivity index is 1.86. The third-order valence-corrected chi connectivity index (χ3v) is 4.29. The summed E-state index contributed by atoms with van der Waals surface area (Å²) in [6, 6.07) is 19.2. The maximum atomic E-state index is 11.5. The molecule has 3 heteroatoms. The van der Waals surface area contributed by atoms with E-state index in [1.165, 1.54) is 27.1 Å². The second-order valence-corrected chi connectivity index (χ2v) is 5.73. The zero-order chi connectivity index (χ0) is 14.9. The topological polar surface area (TPSA) is 29.5 Å². The predicted octanol–water partition coefficient (Wildman–Crippen LogP) is 3.35. The molecule has 0 aromatic heterocycles. The Labute approximate surface area is 129 Å². The lowest BCUT2D eigenvalue weighted by atomic mass is 9.96. The van der Waals surface area contributed by atoms with Gasteiger partial charge in [0, 0.05) is 13.1 Å². The number of esters is 1. The zero-order valence-electron chi connectivity index (χ0n) is 12.3. The Kier molecular flexibility index (Phi) is 3.28. The van der Waals surface area contributed by atoms with Gasteiger partial charge in [0.2, 0.25) is 0 Å². The number of carbonyl (C=O) groups excluding carboxylic acids is 1. The molecule has 0 unspecified atom stereocenters. The summed E-state index contributed by atoms with van der Waals surface area (Å²) in [4.78, 5) is 13.7. The van der Waals surface area contributed by atoms with Crippen LogP contribution in [0.15, 0.2) is 54.6 Å². The number of fused-ring (bicyclic) bond motifs is 2. The molecule has 22 heavy (non-hydrogen) atoms. The van der Waals surface area contributed by atoms with Gasteiger partial charge in [0.1, 0.15) is 6.61 Å². The van der Waals surface area contributed by atoms with Gasteiger partial charge in [0.05, 0.1) is 6.54 Å². The van der Waals surface area contributed by atoms with Crippen LogP contribution >= 0.6 is 0 Å². The molecule has 1 heterocycles. The number of carbonyl (C=O) groups is 1. The van der Waals surface area contributed by atoms with Crippen molar-refractivity contribution in [3.63, 3.8) is 0 Å². The molecule has 0 aliphatic carbocycles. The monoisotopic (exact) mass is 291 g/mol. The fourth-order valence-corrected chi connectivity index (χ4v) is 3.23. The van der Waals surface area contributed by atoms with Crippen LogP contribution in [0.3, 0.4) is 0 Å². The van der Waals surface area contributed by atoms with Gasteiger partial charge in [-0.05, 0) is 33.2 Å². The van der Waals surface area contributed by atoms with Gasteiger partial charge in [-0.1, -0.05) is 48.5 Å². The third-order valence-electron chi connectivity index (χ3n) is 4.29. The number of rotatable bonds is 2. The van der Waals surface area contributed by atoms with Crippen LogP contribution in [-0.4, -0.2) is 30.6 Å². The van der Waals surface area contributed by atoms with Gasteiger partial charge >= 0.3 is 5.97 Å². The second-order valence-electron chi connectivity index (χ2n) is 5.73. The Morgan fingerprint density at radius 2 is 1.59 bits per heavy atom. The molecule has 0 radical (unpaired) electrons. The van der Waals surface area contributed by atoms with E-state index in [4.69, 9.17) is 4.74 Å². The molecule has 1 aliphatic heterocycles. The van der Waals surface area contributed by atoms with Crippen molar-refractivity contribution in [1.29, 1.82) is 0 Å². The van der Waals surface area contributed by atoms with Gasteiger partial charge in [-0.2, -0.15) is 0 Å². The van der Waals surface area contributed by atoms with Crippen molar-refractivity contribution < 1.29 is 9.53 Å². The van der Waals surface area contributed by atoms with Crippen molar-refractivity contribution in [2.24, 2.45) is 0 Å². The highest BCUT2D eigenvalue weighted by molar-refractivity contribution is 6.02. The van der Waals surface area contributed by atoms with E-state index in [1.54, 1.807) is 0 Å². The molecule has 0 saturated carbocycles. The fourth-order valence-electron chi connectivity index (χ4n) is 3.23. The first-order chi connectivity index (χ1) is 10.8. The first-order valence-corrected chi connectivity index (χ1v) is 7.58. The summed E-state index contributed by atoms with van der Waals surface area (Å²) in [7, 11) is 0. The van der Waals surface area contributed by atoms with Gasteiger partial charge in [-0.25, -0.2) is 0 Å². The molecule has 0 amide bonds. The van der Waals surface area contributed by atoms with E-state index in [9.17, 15) is 4.79 Å². The van der Waals surface area contributed by atoms with Crippen molar-refractivity contribution >= 4 is 27.5 Å². The molecule has 4 rings (SSSR count). The summed E-state index contributed by atoms with van der Waals surface area (Å²) in [6.45, 7) is 2.43. The lowest BCUT2D eigenvalue weighted by Gasteiger charge is -2.26. The van der Waals surface area contributed by atoms with Crippen LogP contribution in [0.4, 0.5) is 0 Å². The Morgan fingerprint density at radius 3 is 2.23 bits per heavy atom. The number of benzene rings is 3. The lowest BCUT2D eigenvalue weighted by molar-refractivity contribution is -0.150. The Hall–Kier alpha value is -2.39. The van der Waals surface area contributed by atoms with Gasteiger partial charge in [-0.15, -0.1) is 0 Å². The van der Waals surface area contributed by atoms with Crippen molar-refractivity contribution in [1.82, 2.24) is 4.90 Å². The molecular weight excluding hydrogens is 274 g/mol. The first-order valence-electron chi connectivity index (χ1n) is 7.58. The van der Waals surface area contributed by atoms with Gasteiger partial charge in [-0.3, -0.25) is 9.69 Å². The molecule has 0 spiro atoms. The van der Waals surface area contributed by atoms with E-state index in [1.807, 2.05) is 0 Å². The highest BCUT2D eigenvalue weighted by Gasteiger charge is 2.19. The summed E-state index contributed by atoms with van der Waals surface area (Å²) >= 11 is 0. The number of morpholine rings is 1. The Bertz CT molecular complexity index is 802. The fraction of sp³-hybridized carbons (Fsp3) is 0.211. The van der Waals surface area contributed by atoms with Gasteiger partial charge in [0.15, 0.2) is 0 Å². The number of cyclic esters (lactones) is 1. The maximum Gasteiger partial charge on any atom is 0.320 e. The molecule has 3 nitrogen and oxygen atoms in total. The summed E-state index contributed by atoms with van der Waals surface area (Å²) in [6.07, 6.45) is 0. The summed E-state index contributed by atoms with van der Waals surface area (Å²) in [5.74, 6) is -0.129. The number of nitrogens with zero attached hydrogens (tertiary/aromatic N) is 1. The lowest BCUT2D eigenvalue weighted by Crippen LogP contribution is -2.39. The van der Waals surface area contributed by atoms with Crippen LogP contribution in [0.2, 0.25) is 0 Å². The van der Waals surface area contributed by atoms with Crippen molar-refractivity contribution in [3.05, 3.63) is 60.2 Å². The van der Waals surface area contributed by atoms with Gasteiger partial charge in [0.25, 0.3) is 0 Å². The van der Waals surface area contributed by atoms with Crippen molar-refractivity contribution in [3.8, 4) is 0 Å². The van der Waals surface area contributed by atoms with Crippen LogP contribution in [0.5, 0.6) is 0 Å². The average molecular weight is 291 g/mol. The minimum atomic E-state index is -0.129. The van der Waals surface area contributed by atoms with E-state index in [2.05, 4.69) is 59.5 Å². The van der Waals surface area contributed by atoms with E-state index in [-0.39, 0.29) is 5.97 Å². The zero-order valence-corrected chi connectivity index (χ0v) is 12.3. The van der Waals surface area contributed by atoms with Crippen LogP contribution in [-0.2, 0) is 16.1 Å². The predicted molar refractivity (Wildman–Crippen MR) is 87.7 cm³/mol. The number of ether oxygens (including phenoxy) is 1. The molecule has 1 fully saturated rings. The van der Waals surface area contributed by atoms with Crippen molar-refractivity contribution in [2.45, 2.75) is 6.54 Å². The third kappa shape index (κ3) is 2.34. The molecule has 0 atom stereocenters. The van der Waals surface area contributed by atoms with Crippen LogP contribution < -0.4 is 0 Å². The molecular formula is C19H17NO2. The summed E-state index contributed by atoms with van der Waals surface area (Å²) in [5.41, 5.74) is 1.29. The average Bonchev–Trinajstić information content (AvgIpc) is 2.55. The quantitative estimate of drug-likeness (QED) is 0.535. The van der Waals surface area contributed by atoms with E-state index >= 15 is 0 Å². The number of hydrogen-bond donors (Lipinski definition) is 0. The van der Waals surface area contributed by atoms with Crippen LogP contribution in [0, 0.1) is 0 Å². The molecule has 3 aromatic carbocycles. The minimum absolute atomic E-state index is 0.129. The molecule has 110 valence electrons. The highest BCUT2D eigenvalue weighted by Crippen LogP contribution is 2.29. The summed E-state index contributed by atoms with van der Waals surface area (Å²) in [5, 5.41) is 5.02. The standard InChI is InChI=1S/C19H17NO2/c21-19-13-20(9-10-22-19)12-18-16-7-3-1-5-14(16)11-15-6-2-4-8-17(15)18/h1-8,11H,9-10,12-13H2. The summed E-state index contributed by atoms with van der Waals surface area (Å²) < 4.78 is 5.04. The Morgan fingerprint density at radius 1 is 0.955 bits per heavy atom. The van der Waals surface area contributed by atoms with E-state index < -0.39 is 0 Å². The van der Waals surface area contributed by atoms with E-state index in [0.29, 0.717) is 13.2 Å². The van der Waals surface area contributed by atoms with Crippen molar-refractivity contribution in [2.75, 3.05) is 19.7 Å². The largest absolute Gasteiger partial charge is 0.463 e. The minimum Gasteiger partial charge on any atom is -0.463 e. The molecule has 3 aromatic rings. The maximum absolute atomic E-state index is 11.5. The smallest absolute Gasteiger partial charge is 0.320 e. The highest BCUT2D eigenvalue weighted by atomic mass is 16.5. The molecule has 1 aliphatic rings. The number of hydrogen-bond acceptors (Lipinski definition) is 3. The molecule has 1 saturated heterocycles. The van der Waals surface area contributed by atoms with E-state index in [0.717, 1.165) is 13.1 Å². The van der Waals surface area contributed by atoms with Crippen LogP contribution in [0.25, 0.3) is 21.5 Å². The van der Waals surface area contributed by atoms with Crippen LogP contribution in [0.1, 0.15) is 5.56 Å². The van der Waals surface area contributed by atoms with Gasteiger partial charge < -0.3 is 4.74 Å². The first kappa shape index (κ1) is 13.3.